The summed E-state index contributed by atoms with van der Waals surface area (Å²) in [5, 5.41) is 8.89. The Labute approximate surface area is 95.8 Å². The van der Waals surface area contributed by atoms with Crippen LogP contribution in [0.25, 0.3) is 0 Å². The topological polar surface area (TPSA) is 49.7 Å². The van der Waals surface area contributed by atoms with Crippen LogP contribution in [0, 0.1) is 6.92 Å². The van der Waals surface area contributed by atoms with Crippen LogP contribution < -0.4 is 0 Å². The van der Waals surface area contributed by atoms with Gasteiger partial charge in [0.05, 0.1) is 11.3 Å². The van der Waals surface area contributed by atoms with E-state index in [1.165, 1.54) is 0 Å². The third-order valence-electron chi connectivity index (χ3n) is 2.38. The zero-order chi connectivity index (χ0) is 12.1. The van der Waals surface area contributed by atoms with Gasteiger partial charge in [0.25, 0.3) is 0 Å². The molecule has 0 heterocycles. The molecule has 0 atom stereocenters. The number of carbonyl (C=O) groups is 1. The molecule has 0 aliphatic rings. The molecule has 0 amide bonds. The minimum absolute atomic E-state index is 0.286. The van der Waals surface area contributed by atoms with E-state index in [9.17, 15) is 4.79 Å². The van der Waals surface area contributed by atoms with Gasteiger partial charge in [-0.05, 0) is 38.0 Å². The number of hydrogen-bond donors (Lipinski definition) is 1. The van der Waals surface area contributed by atoms with Crippen molar-refractivity contribution >= 4 is 17.4 Å². The number of aromatic carboxylic acids is 1. The molecule has 0 aromatic heterocycles. The molecule has 16 heavy (non-hydrogen) atoms. The van der Waals surface area contributed by atoms with Gasteiger partial charge in [-0.1, -0.05) is 19.4 Å². The van der Waals surface area contributed by atoms with E-state index < -0.39 is 5.97 Å². The average Bonchev–Trinajstić information content (AvgIpc) is 2.21. The predicted molar refractivity (Wildman–Crippen MR) is 65.8 cm³/mol. The second-order valence-electron chi connectivity index (χ2n) is 3.90. The lowest BCUT2D eigenvalue weighted by molar-refractivity contribution is 0.0697. The second kappa shape index (κ2) is 5.45. The van der Waals surface area contributed by atoms with Gasteiger partial charge in [-0.2, -0.15) is 0 Å². The van der Waals surface area contributed by atoms with Crippen LogP contribution in [-0.4, -0.2) is 16.8 Å². The maximum absolute atomic E-state index is 10.8. The average molecular weight is 219 g/mol. The Balaban J connectivity index is 3.07. The first-order chi connectivity index (χ1) is 7.54. The molecule has 3 nitrogen and oxygen atoms in total. The van der Waals surface area contributed by atoms with E-state index in [0.717, 1.165) is 29.8 Å². The maximum atomic E-state index is 10.8. The van der Waals surface area contributed by atoms with E-state index in [0.29, 0.717) is 0 Å². The number of benzene rings is 1. The largest absolute Gasteiger partial charge is 0.478 e. The van der Waals surface area contributed by atoms with Crippen LogP contribution in [0.2, 0.25) is 0 Å². The number of aryl methyl sites for hydroxylation is 1. The van der Waals surface area contributed by atoms with Gasteiger partial charge in [-0.3, -0.25) is 4.99 Å². The lowest BCUT2D eigenvalue weighted by atomic mass is 10.1. The molecule has 86 valence electrons. The van der Waals surface area contributed by atoms with Gasteiger partial charge < -0.3 is 5.11 Å². The fourth-order valence-electron chi connectivity index (χ4n) is 1.49. The molecule has 0 unspecified atom stereocenters. The lowest BCUT2D eigenvalue weighted by Gasteiger charge is -2.04. The van der Waals surface area contributed by atoms with E-state index >= 15 is 0 Å². The van der Waals surface area contributed by atoms with Crippen molar-refractivity contribution in [3.05, 3.63) is 29.3 Å². The molecule has 1 aromatic carbocycles. The van der Waals surface area contributed by atoms with Crippen molar-refractivity contribution in [3.8, 4) is 0 Å². The zero-order valence-electron chi connectivity index (χ0n) is 9.95. The van der Waals surface area contributed by atoms with Gasteiger partial charge in [-0.15, -0.1) is 0 Å². The molecular weight excluding hydrogens is 202 g/mol. The summed E-state index contributed by atoms with van der Waals surface area (Å²) in [6.45, 7) is 6.00. The van der Waals surface area contributed by atoms with E-state index in [1.807, 2.05) is 13.8 Å². The molecule has 1 rings (SSSR count). The fraction of sp³-hybridized carbons (Fsp3) is 0.385. The summed E-state index contributed by atoms with van der Waals surface area (Å²) < 4.78 is 0. The Hall–Kier alpha value is -1.64. The highest BCUT2D eigenvalue weighted by Gasteiger charge is 2.05. The summed E-state index contributed by atoms with van der Waals surface area (Å²) in [5.41, 5.74) is 3.08. The summed E-state index contributed by atoms with van der Waals surface area (Å²) in [4.78, 5) is 15.3. The van der Waals surface area contributed by atoms with Crippen LogP contribution in [0.3, 0.4) is 0 Å². The first-order valence-electron chi connectivity index (χ1n) is 5.42. The Morgan fingerprint density at radius 3 is 2.69 bits per heavy atom. The first-order valence-corrected chi connectivity index (χ1v) is 5.42. The second-order valence-corrected chi connectivity index (χ2v) is 3.90. The summed E-state index contributed by atoms with van der Waals surface area (Å²) >= 11 is 0. The number of hydrogen-bond acceptors (Lipinski definition) is 2. The minimum Gasteiger partial charge on any atom is -0.478 e. The Morgan fingerprint density at radius 2 is 2.12 bits per heavy atom. The van der Waals surface area contributed by atoms with Gasteiger partial charge >= 0.3 is 5.97 Å². The summed E-state index contributed by atoms with van der Waals surface area (Å²) in [7, 11) is 0. The van der Waals surface area contributed by atoms with Crippen LogP contribution in [0.1, 0.15) is 42.6 Å². The number of carboxylic acid groups (broad SMARTS) is 1. The molecular formula is C13H17NO2. The van der Waals surface area contributed by atoms with Crippen LogP contribution in [-0.2, 0) is 0 Å². The third kappa shape index (κ3) is 3.19. The molecule has 0 aliphatic heterocycles. The maximum Gasteiger partial charge on any atom is 0.335 e. The molecule has 1 aromatic rings. The lowest BCUT2D eigenvalue weighted by Crippen LogP contribution is -1.96. The first kappa shape index (κ1) is 12.4. The van der Waals surface area contributed by atoms with Crippen molar-refractivity contribution in [3.63, 3.8) is 0 Å². The molecule has 3 heteroatoms. The van der Waals surface area contributed by atoms with Gasteiger partial charge in [0, 0.05) is 5.71 Å². The Kier molecular flexibility index (Phi) is 4.23. The highest BCUT2D eigenvalue weighted by atomic mass is 16.4. The highest BCUT2D eigenvalue weighted by molar-refractivity contribution is 5.90. The van der Waals surface area contributed by atoms with Crippen molar-refractivity contribution < 1.29 is 9.90 Å². The number of nitrogens with zero attached hydrogens (tertiary/aromatic N) is 1. The Morgan fingerprint density at radius 1 is 1.44 bits per heavy atom. The molecule has 0 spiro atoms. The van der Waals surface area contributed by atoms with Crippen molar-refractivity contribution in [2.45, 2.75) is 33.6 Å². The van der Waals surface area contributed by atoms with Crippen molar-refractivity contribution in [2.75, 3.05) is 0 Å². The smallest absolute Gasteiger partial charge is 0.335 e. The molecule has 0 fully saturated rings. The molecule has 0 radical (unpaired) electrons. The third-order valence-corrected chi connectivity index (χ3v) is 2.38. The number of carboxylic acids is 1. The van der Waals surface area contributed by atoms with E-state index in [1.54, 1.807) is 18.2 Å². The van der Waals surface area contributed by atoms with Crippen molar-refractivity contribution in [2.24, 2.45) is 4.99 Å². The normalized spacial score (nSPS) is 11.6. The quantitative estimate of drug-likeness (QED) is 0.787. The van der Waals surface area contributed by atoms with Crippen LogP contribution in [0.4, 0.5) is 5.69 Å². The van der Waals surface area contributed by atoms with Crippen molar-refractivity contribution in [1.29, 1.82) is 0 Å². The summed E-state index contributed by atoms with van der Waals surface area (Å²) in [6, 6.07) is 5.02. The minimum atomic E-state index is -0.912. The van der Waals surface area contributed by atoms with E-state index in [-0.39, 0.29) is 5.56 Å². The molecule has 0 saturated carbocycles. The van der Waals surface area contributed by atoms with Gasteiger partial charge in [-0.25, -0.2) is 4.79 Å². The zero-order valence-corrected chi connectivity index (χ0v) is 9.95. The number of rotatable bonds is 4. The molecule has 0 bridgehead atoms. The van der Waals surface area contributed by atoms with Crippen LogP contribution >= 0.6 is 0 Å². The monoisotopic (exact) mass is 219 g/mol. The highest BCUT2D eigenvalue weighted by Crippen LogP contribution is 2.21. The van der Waals surface area contributed by atoms with Crippen LogP contribution in [0.5, 0.6) is 0 Å². The number of aliphatic imine (C=N–C) groups is 1. The SMILES string of the molecule is CCCC(C)=Nc1cc(C(=O)O)ccc1C. The molecule has 0 aliphatic carbocycles. The van der Waals surface area contributed by atoms with E-state index in [4.69, 9.17) is 5.11 Å². The van der Waals surface area contributed by atoms with Gasteiger partial charge in [0.1, 0.15) is 0 Å². The predicted octanol–water partition coefficient (Wildman–Crippen LogP) is 3.59. The standard InChI is InChI=1S/C13H17NO2/c1-4-5-10(3)14-12-8-11(13(15)16)7-6-9(12)2/h6-8H,4-5H2,1-3H3,(H,15,16). The summed E-state index contributed by atoms with van der Waals surface area (Å²) in [5.74, 6) is -0.912. The summed E-state index contributed by atoms with van der Waals surface area (Å²) in [6.07, 6.45) is 1.99. The van der Waals surface area contributed by atoms with Crippen LogP contribution in [0.15, 0.2) is 23.2 Å². The van der Waals surface area contributed by atoms with E-state index in [2.05, 4.69) is 11.9 Å². The fourth-order valence-corrected chi connectivity index (χ4v) is 1.49. The van der Waals surface area contributed by atoms with Crippen molar-refractivity contribution in [1.82, 2.24) is 0 Å². The van der Waals surface area contributed by atoms with Gasteiger partial charge in [0.2, 0.25) is 0 Å². The Bertz CT molecular complexity index is 422. The molecule has 0 saturated heterocycles. The molecule has 1 N–H and O–H groups in total. The van der Waals surface area contributed by atoms with Gasteiger partial charge in [0.15, 0.2) is 0 Å².